The van der Waals surface area contributed by atoms with Crippen molar-refractivity contribution >= 4 is 17.0 Å². The number of carbonyl (C=O) groups excluding carboxylic acids is 1. The first kappa shape index (κ1) is 24.9. The van der Waals surface area contributed by atoms with Gasteiger partial charge in [-0.05, 0) is 107 Å². The summed E-state index contributed by atoms with van der Waals surface area (Å²) in [7, 11) is 0. The molecular weight excluding hydrogens is 456 g/mol. The van der Waals surface area contributed by atoms with E-state index in [-0.39, 0.29) is 32.5 Å². The van der Waals surface area contributed by atoms with Crippen LogP contribution in [0.3, 0.4) is 0 Å². The molecule has 0 spiro atoms. The highest BCUT2D eigenvalue weighted by atomic mass is 32.2. The maximum Gasteiger partial charge on any atom is 0.152 e. The summed E-state index contributed by atoms with van der Waals surface area (Å²) in [6.45, 7) is 14.4. The van der Waals surface area contributed by atoms with E-state index in [0.29, 0.717) is 48.3 Å². The molecule has 4 nitrogen and oxygen atoms in total. The van der Waals surface area contributed by atoms with Gasteiger partial charge >= 0.3 is 0 Å². The summed E-state index contributed by atoms with van der Waals surface area (Å²) < 4.78 is 6.51. The van der Waals surface area contributed by atoms with Crippen molar-refractivity contribution < 1.29 is 19.2 Å². The summed E-state index contributed by atoms with van der Waals surface area (Å²) in [6, 6.07) is 0. The van der Waals surface area contributed by atoms with Crippen molar-refractivity contribution in [3.8, 4) is 0 Å². The van der Waals surface area contributed by atoms with Crippen molar-refractivity contribution in [1.82, 2.24) is 0 Å². The number of hydrogen-bond acceptors (Lipinski definition) is 4. The van der Waals surface area contributed by atoms with E-state index < -0.39 is 11.2 Å². The molecule has 0 heterocycles. The minimum atomic E-state index is -0.916. The van der Waals surface area contributed by atoms with Crippen molar-refractivity contribution in [1.29, 1.82) is 0 Å². The van der Waals surface area contributed by atoms with E-state index in [4.69, 9.17) is 4.18 Å². The fraction of sp³-hybridized carbons (Fsp3) is 0.900. The van der Waals surface area contributed by atoms with Crippen molar-refractivity contribution in [2.24, 2.45) is 46.3 Å². The first-order valence-electron chi connectivity index (χ1n) is 14.3. The number of aliphatic hydroxyl groups is 2. The summed E-state index contributed by atoms with van der Waals surface area (Å²) >= 11 is -0.0384. The van der Waals surface area contributed by atoms with Crippen LogP contribution in [-0.4, -0.2) is 44.3 Å². The van der Waals surface area contributed by atoms with Crippen LogP contribution in [0.5, 0.6) is 0 Å². The molecule has 0 aromatic rings. The first-order valence-corrected chi connectivity index (χ1v) is 15.7. The molecule has 6 aliphatic carbocycles. The number of Topliss-reactive ketones (excluding diaryl/α,β-unsaturated/α-hetero) is 1. The van der Waals surface area contributed by atoms with Crippen molar-refractivity contribution in [2.75, 3.05) is 12.4 Å². The Morgan fingerprint density at radius 1 is 1.14 bits per heavy atom. The predicted molar refractivity (Wildman–Crippen MR) is 141 cm³/mol. The van der Waals surface area contributed by atoms with Crippen LogP contribution in [0.15, 0.2) is 11.6 Å². The molecule has 0 bridgehead atoms. The molecule has 35 heavy (non-hydrogen) atoms. The van der Waals surface area contributed by atoms with E-state index in [1.54, 1.807) is 0 Å². The van der Waals surface area contributed by atoms with Crippen LogP contribution >= 0.6 is 0 Å². The van der Waals surface area contributed by atoms with Crippen LogP contribution in [-0.2, 0) is 20.2 Å². The predicted octanol–water partition coefficient (Wildman–Crippen LogP) is 5.22. The topological polar surface area (TPSA) is 66.8 Å². The first-order chi connectivity index (χ1) is 16.3. The van der Waals surface area contributed by atoms with E-state index >= 15 is 0 Å². The summed E-state index contributed by atoms with van der Waals surface area (Å²) in [5.41, 5.74) is -0.576. The Bertz CT molecular complexity index is 954. The van der Waals surface area contributed by atoms with Gasteiger partial charge in [0.2, 0.25) is 0 Å². The molecule has 4 unspecified atom stereocenters. The van der Waals surface area contributed by atoms with Gasteiger partial charge in [-0.2, -0.15) is 4.18 Å². The SMILES string of the molecule is CC[S+](OCCC[C@]1(O)[C@H]2C[C@H]2C2C3C(CC[C@@]21C)[C@@]1(C)CCC(=O)C[C@@]1(O)C1=C[C@@H]13)C(C)(C)C. The van der Waals surface area contributed by atoms with E-state index in [9.17, 15) is 15.0 Å². The lowest BCUT2D eigenvalue weighted by Gasteiger charge is -2.64. The highest BCUT2D eigenvalue weighted by Crippen LogP contribution is 2.80. The van der Waals surface area contributed by atoms with Crippen LogP contribution in [0.1, 0.15) is 92.9 Å². The standard InChI is InChI=1S/C30H47O4S/c1-7-35(26(2,3)4)34-14-8-11-29(32)23-16-20(23)25-24-19-15-22(19)30(33)17-18(31)9-12-27(30,5)21(24)10-13-28(25,29)6/h15,19-21,23-25,32-33H,7-14,16-17H2,1-6H3/q+1/t19-,20+,21?,23-,24?,25?,27+,28-,29-,30+,35?/m0/s1. The van der Waals surface area contributed by atoms with Crippen LogP contribution in [0, 0.1) is 46.3 Å². The van der Waals surface area contributed by atoms with Crippen molar-refractivity contribution in [3.63, 3.8) is 0 Å². The average molecular weight is 504 g/mol. The van der Waals surface area contributed by atoms with Gasteiger partial charge in [0.1, 0.15) is 18.1 Å². The molecule has 5 saturated carbocycles. The Hall–Kier alpha value is -0.360. The zero-order chi connectivity index (χ0) is 25.2. The van der Waals surface area contributed by atoms with E-state index in [1.165, 1.54) is 12.0 Å². The fourth-order valence-electron chi connectivity index (χ4n) is 10.2. The quantitative estimate of drug-likeness (QED) is 0.296. The Morgan fingerprint density at radius 2 is 1.89 bits per heavy atom. The smallest absolute Gasteiger partial charge is 0.152 e. The summed E-state index contributed by atoms with van der Waals surface area (Å²) in [5.74, 6) is 4.24. The number of carbonyl (C=O) groups is 1. The molecule has 6 rings (SSSR count). The van der Waals surface area contributed by atoms with Gasteiger partial charge in [0.15, 0.2) is 15.9 Å². The molecule has 6 aliphatic rings. The third-order valence-corrected chi connectivity index (χ3v) is 14.3. The zero-order valence-electron chi connectivity index (χ0n) is 22.7. The Morgan fingerprint density at radius 3 is 2.57 bits per heavy atom. The summed E-state index contributed by atoms with van der Waals surface area (Å²) in [6.07, 6.45) is 9.15. The molecule has 5 fully saturated rings. The van der Waals surface area contributed by atoms with Crippen molar-refractivity contribution in [3.05, 3.63) is 11.6 Å². The molecule has 11 atom stereocenters. The van der Waals surface area contributed by atoms with Crippen LogP contribution < -0.4 is 0 Å². The molecule has 5 heteroatoms. The largest absolute Gasteiger partial charge is 0.389 e. The fourth-order valence-corrected chi connectivity index (χ4v) is 11.9. The Kier molecular flexibility index (Phi) is 5.42. The second-order valence-electron chi connectivity index (χ2n) is 14.4. The van der Waals surface area contributed by atoms with E-state index in [0.717, 1.165) is 44.5 Å². The number of ketones is 1. The Balaban J connectivity index is 1.21. The van der Waals surface area contributed by atoms with Gasteiger partial charge in [0, 0.05) is 24.2 Å². The number of fused-ring (bicyclic) bond motifs is 10. The van der Waals surface area contributed by atoms with E-state index in [1.807, 2.05) is 0 Å². The van der Waals surface area contributed by atoms with Gasteiger partial charge in [0.25, 0.3) is 0 Å². The molecule has 2 N–H and O–H groups in total. The van der Waals surface area contributed by atoms with Gasteiger partial charge in [-0.25, -0.2) is 0 Å². The zero-order valence-corrected chi connectivity index (χ0v) is 23.5. The number of hydrogen-bond donors (Lipinski definition) is 2. The van der Waals surface area contributed by atoms with E-state index in [2.05, 4.69) is 47.6 Å². The lowest BCUT2D eigenvalue weighted by molar-refractivity contribution is -0.198. The van der Waals surface area contributed by atoms with Crippen LogP contribution in [0.4, 0.5) is 0 Å². The van der Waals surface area contributed by atoms with Gasteiger partial charge in [-0.1, -0.05) is 19.9 Å². The van der Waals surface area contributed by atoms with Gasteiger partial charge in [-0.3, -0.25) is 4.79 Å². The van der Waals surface area contributed by atoms with Gasteiger partial charge in [0.05, 0.1) is 11.2 Å². The highest BCUT2D eigenvalue weighted by molar-refractivity contribution is 7.93. The normalized spacial score (nSPS) is 52.5. The third kappa shape index (κ3) is 3.20. The second-order valence-corrected chi connectivity index (χ2v) is 17.1. The molecule has 0 aromatic heterocycles. The second kappa shape index (κ2) is 7.61. The highest BCUT2D eigenvalue weighted by Gasteiger charge is 2.79. The Labute approximate surface area is 215 Å². The molecule has 0 radical (unpaired) electrons. The monoisotopic (exact) mass is 503 g/mol. The van der Waals surface area contributed by atoms with Gasteiger partial charge < -0.3 is 10.2 Å². The molecule has 0 saturated heterocycles. The lowest BCUT2D eigenvalue weighted by atomic mass is 9.42. The maximum atomic E-state index is 12.4. The molecule has 0 aromatic carbocycles. The third-order valence-electron chi connectivity index (χ3n) is 12.0. The van der Waals surface area contributed by atoms with Gasteiger partial charge in [-0.15, -0.1) is 0 Å². The molecule has 0 aliphatic heterocycles. The van der Waals surface area contributed by atoms with Crippen LogP contribution in [0.25, 0.3) is 0 Å². The molecule has 196 valence electrons. The minimum Gasteiger partial charge on any atom is -0.389 e. The number of rotatable bonds is 6. The summed E-state index contributed by atoms with van der Waals surface area (Å²) in [4.78, 5) is 12.4. The molecule has 0 amide bonds. The van der Waals surface area contributed by atoms with Crippen molar-refractivity contribution in [2.45, 2.75) is 109 Å². The number of allylic oxidation sites excluding steroid dienone is 1. The molecular formula is C30H47O4S+. The lowest BCUT2D eigenvalue weighted by Crippen LogP contribution is -2.64. The summed E-state index contributed by atoms with van der Waals surface area (Å²) in [5, 5.41) is 24.2. The average Bonchev–Trinajstić information content (AvgIpc) is 3.67. The maximum absolute atomic E-state index is 12.4. The van der Waals surface area contributed by atoms with Crippen LogP contribution in [0.2, 0.25) is 0 Å². The minimum absolute atomic E-state index is 0.0384.